The first-order valence-electron chi connectivity index (χ1n) is 8.74. The van der Waals surface area contributed by atoms with Crippen molar-refractivity contribution in [2.45, 2.75) is 41.9 Å². The Morgan fingerprint density at radius 2 is 2.03 bits per heavy atom. The molecule has 0 bridgehead atoms. The number of hydrogen-bond donors (Lipinski definition) is 3. The van der Waals surface area contributed by atoms with E-state index in [-0.39, 0.29) is 22.7 Å². The molecule has 1 aromatic carbocycles. The van der Waals surface area contributed by atoms with Crippen molar-refractivity contribution in [3.8, 4) is 0 Å². The van der Waals surface area contributed by atoms with Gasteiger partial charge in [0.05, 0.1) is 5.37 Å². The van der Waals surface area contributed by atoms with Gasteiger partial charge in [0.2, 0.25) is 10.0 Å². The summed E-state index contributed by atoms with van der Waals surface area (Å²) in [6, 6.07) is 2.96. The second-order valence-corrected chi connectivity index (χ2v) is 10.7. The number of nitrogens with one attached hydrogen (secondary N) is 2. The van der Waals surface area contributed by atoms with Gasteiger partial charge in [0.1, 0.15) is 15.5 Å². The van der Waals surface area contributed by atoms with E-state index >= 15 is 0 Å². The number of nitrogens with zero attached hydrogens (tertiary/aromatic N) is 1. The minimum Gasteiger partial charge on any atom is -0.380 e. The second kappa shape index (κ2) is 7.71. The zero-order chi connectivity index (χ0) is 21.6. The molecule has 158 valence electrons. The van der Waals surface area contributed by atoms with Crippen molar-refractivity contribution in [3.05, 3.63) is 47.3 Å². The maximum absolute atomic E-state index is 13.4. The molecule has 29 heavy (non-hydrogen) atoms. The van der Waals surface area contributed by atoms with Crippen molar-refractivity contribution < 1.29 is 27.1 Å². The molecule has 3 N–H and O–H groups in total. The molecule has 1 aliphatic heterocycles. The summed E-state index contributed by atoms with van der Waals surface area (Å²) in [5, 5.41) is 11.9. The van der Waals surface area contributed by atoms with Gasteiger partial charge < -0.3 is 15.0 Å². The largest absolute Gasteiger partial charge is 0.380 e. The third-order valence-electron chi connectivity index (χ3n) is 4.30. The molecule has 0 saturated heterocycles. The van der Waals surface area contributed by atoms with E-state index in [1.807, 2.05) is 0 Å². The molecule has 1 atom stereocenters. The Morgan fingerprint density at radius 3 is 2.66 bits per heavy atom. The fraction of sp³-hybridized carbons (Fsp3) is 0.389. The van der Waals surface area contributed by atoms with Gasteiger partial charge in [-0.25, -0.2) is 17.2 Å². The molecule has 3 rings (SSSR count). The second-order valence-electron chi connectivity index (χ2n) is 7.23. The van der Waals surface area contributed by atoms with Crippen molar-refractivity contribution >= 4 is 33.4 Å². The zero-order valence-corrected chi connectivity index (χ0v) is 17.6. The van der Waals surface area contributed by atoms with Crippen LogP contribution in [0.4, 0.5) is 14.5 Å². The monoisotopic (exact) mass is 445 g/mol. The number of rotatable bonds is 4. The van der Waals surface area contributed by atoms with Gasteiger partial charge in [0, 0.05) is 30.6 Å². The van der Waals surface area contributed by atoms with Crippen LogP contribution in [-0.4, -0.2) is 34.3 Å². The molecule has 11 heteroatoms. The number of aryl methyl sites for hydroxylation is 1. The first-order chi connectivity index (χ1) is 13.4. The lowest BCUT2D eigenvalue weighted by Crippen LogP contribution is -2.34. The number of hydrogen-bond acceptors (Lipinski definition) is 5. The van der Waals surface area contributed by atoms with Crippen LogP contribution in [0.5, 0.6) is 0 Å². The molecule has 2 aromatic rings. The Bertz CT molecular complexity index is 1060. The van der Waals surface area contributed by atoms with E-state index in [1.54, 1.807) is 13.8 Å². The van der Waals surface area contributed by atoms with E-state index < -0.39 is 37.9 Å². The number of thioether (sulfide) groups is 1. The summed E-state index contributed by atoms with van der Waals surface area (Å²) in [6.45, 7) is 3.12. The van der Waals surface area contributed by atoms with Crippen LogP contribution in [0.25, 0.3) is 0 Å². The smallest absolute Gasteiger partial charge is 0.272 e. The lowest BCUT2D eigenvalue weighted by molar-refractivity contribution is 0.101. The van der Waals surface area contributed by atoms with Gasteiger partial charge in [0.15, 0.2) is 11.6 Å². The summed E-state index contributed by atoms with van der Waals surface area (Å²) in [5.41, 5.74) is 0.497. The summed E-state index contributed by atoms with van der Waals surface area (Å²) in [5.74, 6) is -2.78. The predicted molar refractivity (Wildman–Crippen MR) is 106 cm³/mol. The summed E-state index contributed by atoms with van der Waals surface area (Å²) in [4.78, 5) is 11.6. The Hall–Kier alpha value is -1.95. The molecule has 1 amide bonds. The highest BCUT2D eigenvalue weighted by molar-refractivity contribution is 8.01. The quantitative estimate of drug-likeness (QED) is 0.628. The lowest BCUT2D eigenvalue weighted by atomic mass is 10.1. The van der Waals surface area contributed by atoms with Crippen LogP contribution < -0.4 is 10.0 Å². The fourth-order valence-corrected chi connectivity index (χ4v) is 6.10. The van der Waals surface area contributed by atoms with E-state index in [1.165, 1.54) is 23.9 Å². The molecule has 2 heterocycles. The van der Waals surface area contributed by atoms with E-state index in [9.17, 15) is 27.1 Å². The van der Waals surface area contributed by atoms with E-state index in [0.29, 0.717) is 12.0 Å². The normalized spacial score (nSPS) is 18.8. The molecular formula is C18H21F2N3O4S2. The third-order valence-corrected chi connectivity index (χ3v) is 7.19. The summed E-state index contributed by atoms with van der Waals surface area (Å²) < 4.78 is 56.0. The van der Waals surface area contributed by atoms with Crippen LogP contribution in [0.15, 0.2) is 29.3 Å². The maximum Gasteiger partial charge on any atom is 0.272 e. The highest BCUT2D eigenvalue weighted by atomic mass is 32.2. The van der Waals surface area contributed by atoms with E-state index in [0.717, 1.165) is 23.9 Å². The van der Waals surface area contributed by atoms with Crippen molar-refractivity contribution in [2.75, 3.05) is 5.32 Å². The number of anilines is 1. The highest BCUT2D eigenvalue weighted by Gasteiger charge is 2.34. The summed E-state index contributed by atoms with van der Waals surface area (Å²) in [6.07, 6.45) is 1.97. The molecular weight excluding hydrogens is 424 g/mol. The number of fused-ring (bicyclic) bond motifs is 1. The first kappa shape index (κ1) is 21.8. The summed E-state index contributed by atoms with van der Waals surface area (Å²) in [7, 11) is -2.38. The molecule has 1 aliphatic rings. The number of amides is 1. The van der Waals surface area contributed by atoms with Crippen LogP contribution in [0.1, 0.15) is 36.3 Å². The van der Waals surface area contributed by atoms with E-state index in [2.05, 4.69) is 10.0 Å². The molecule has 0 radical (unpaired) electrons. The average molecular weight is 446 g/mol. The standard InChI is InChI=1S/C18H21F2N3O4S2/c1-18(2,25)28-15-7-5-11-14(29(26,27)22-15)9-23(3)16(11)17(24)21-10-4-6-12(19)13(20)8-10/h4,6,8-9,15,22,25H,5,7H2,1-3H3,(H,21,24). The van der Waals surface area contributed by atoms with Gasteiger partial charge in [0.25, 0.3) is 5.91 Å². The molecule has 1 aromatic heterocycles. The number of aromatic nitrogens is 1. The average Bonchev–Trinajstić information content (AvgIpc) is 2.86. The number of halogens is 2. The number of aliphatic hydroxyl groups is 1. The van der Waals surface area contributed by atoms with E-state index in [4.69, 9.17) is 0 Å². The summed E-state index contributed by atoms with van der Waals surface area (Å²) >= 11 is 1.07. The van der Waals surface area contributed by atoms with Crippen molar-refractivity contribution in [1.82, 2.24) is 9.29 Å². The van der Waals surface area contributed by atoms with Crippen LogP contribution in [0.2, 0.25) is 0 Å². The topological polar surface area (TPSA) is 100 Å². The SMILES string of the molecule is Cn1cc2c(c1C(=O)Nc1ccc(F)c(F)c1)CCC(SC(C)(C)O)NS2(=O)=O. The Labute approximate surface area is 171 Å². The molecule has 0 saturated carbocycles. The minimum absolute atomic E-state index is 0.0192. The maximum atomic E-state index is 13.4. The predicted octanol–water partition coefficient (Wildman–Crippen LogP) is 2.57. The van der Waals surface area contributed by atoms with Crippen LogP contribution in [0.3, 0.4) is 0 Å². The van der Waals surface area contributed by atoms with Gasteiger partial charge in [-0.2, -0.15) is 4.72 Å². The number of sulfonamides is 1. The Balaban J connectivity index is 1.93. The van der Waals surface area contributed by atoms with Gasteiger partial charge in [-0.3, -0.25) is 4.79 Å². The number of benzene rings is 1. The Morgan fingerprint density at radius 1 is 1.34 bits per heavy atom. The zero-order valence-electron chi connectivity index (χ0n) is 16.0. The Kier molecular flexibility index (Phi) is 5.78. The molecule has 1 unspecified atom stereocenters. The van der Waals surface area contributed by atoms with Gasteiger partial charge in [-0.1, -0.05) is 0 Å². The van der Waals surface area contributed by atoms with Crippen molar-refractivity contribution in [2.24, 2.45) is 7.05 Å². The first-order valence-corrected chi connectivity index (χ1v) is 11.1. The minimum atomic E-state index is -3.91. The van der Waals surface area contributed by atoms with Gasteiger partial charge >= 0.3 is 0 Å². The molecule has 7 nitrogen and oxygen atoms in total. The fourth-order valence-electron chi connectivity index (χ4n) is 3.18. The molecule has 0 fully saturated rings. The van der Waals surface area contributed by atoms with Crippen LogP contribution >= 0.6 is 11.8 Å². The highest BCUT2D eigenvalue weighted by Crippen LogP contribution is 2.34. The van der Waals surface area contributed by atoms with Crippen molar-refractivity contribution in [1.29, 1.82) is 0 Å². The van der Waals surface area contributed by atoms with Crippen molar-refractivity contribution in [3.63, 3.8) is 0 Å². The van der Waals surface area contributed by atoms with Crippen LogP contribution in [-0.2, 0) is 23.5 Å². The third kappa shape index (κ3) is 4.80. The van der Waals surface area contributed by atoms with Gasteiger partial charge in [-0.05, 0) is 38.8 Å². The number of carbonyl (C=O) groups excluding carboxylic acids is 1. The number of carbonyl (C=O) groups is 1. The van der Waals surface area contributed by atoms with Crippen LogP contribution in [0, 0.1) is 11.6 Å². The molecule has 0 aliphatic carbocycles. The lowest BCUT2D eigenvalue weighted by Gasteiger charge is -2.23. The molecule has 0 spiro atoms. The van der Waals surface area contributed by atoms with Gasteiger partial charge in [-0.15, -0.1) is 11.8 Å².